The summed E-state index contributed by atoms with van der Waals surface area (Å²) in [5.74, 6) is -1.93. The molecule has 1 atom stereocenters. The van der Waals surface area contributed by atoms with Crippen LogP contribution in [-0.4, -0.2) is 17.6 Å². The van der Waals surface area contributed by atoms with Crippen LogP contribution >= 0.6 is 11.8 Å². The molecule has 3 aromatic carbocycles. The van der Waals surface area contributed by atoms with Crippen LogP contribution in [0.4, 0.5) is 20.2 Å². The molecule has 4 nitrogen and oxygen atoms in total. The average molecular weight is 467 g/mol. The van der Waals surface area contributed by atoms with Gasteiger partial charge in [-0.25, -0.2) is 8.78 Å². The number of hydrogen-bond acceptors (Lipinski definition) is 3. The molecule has 1 saturated heterocycles. The number of nitrogens with one attached hydrogen (secondary N) is 1. The van der Waals surface area contributed by atoms with E-state index in [1.54, 1.807) is 36.4 Å². The Hall–Kier alpha value is -3.19. The maximum atomic E-state index is 14.5. The predicted molar refractivity (Wildman–Crippen MR) is 129 cm³/mol. The van der Waals surface area contributed by atoms with Crippen LogP contribution in [0.2, 0.25) is 0 Å². The Labute approximate surface area is 196 Å². The van der Waals surface area contributed by atoms with Crippen molar-refractivity contribution in [2.24, 2.45) is 0 Å². The van der Waals surface area contributed by atoms with Gasteiger partial charge in [-0.1, -0.05) is 51.1 Å². The van der Waals surface area contributed by atoms with Crippen LogP contribution in [0.5, 0.6) is 0 Å². The topological polar surface area (TPSA) is 49.4 Å². The second-order valence-corrected chi connectivity index (χ2v) is 9.96. The lowest BCUT2D eigenvalue weighted by molar-refractivity contribution is -0.115. The second kappa shape index (κ2) is 8.98. The highest BCUT2D eigenvalue weighted by molar-refractivity contribution is 8.00. The average Bonchev–Trinajstić information content (AvgIpc) is 3.14. The maximum Gasteiger partial charge on any atom is 0.255 e. The molecule has 0 spiro atoms. The van der Waals surface area contributed by atoms with E-state index in [1.165, 1.54) is 22.7 Å². The molecule has 1 heterocycles. The highest BCUT2D eigenvalue weighted by atomic mass is 32.2. The summed E-state index contributed by atoms with van der Waals surface area (Å²) >= 11 is 1.33. The van der Waals surface area contributed by atoms with Gasteiger partial charge in [0.25, 0.3) is 5.91 Å². The van der Waals surface area contributed by atoms with Gasteiger partial charge < -0.3 is 5.32 Å². The predicted octanol–water partition coefficient (Wildman–Crippen LogP) is 6.29. The second-order valence-electron chi connectivity index (χ2n) is 8.89. The Kier molecular flexibility index (Phi) is 6.26. The zero-order chi connectivity index (χ0) is 23.8. The van der Waals surface area contributed by atoms with Gasteiger partial charge in [-0.2, -0.15) is 0 Å². The van der Waals surface area contributed by atoms with E-state index < -0.39 is 17.0 Å². The fourth-order valence-electron chi connectivity index (χ4n) is 3.73. The van der Waals surface area contributed by atoms with E-state index in [0.29, 0.717) is 16.8 Å². The summed E-state index contributed by atoms with van der Waals surface area (Å²) in [6, 6.07) is 17.7. The largest absolute Gasteiger partial charge is 0.322 e. The van der Waals surface area contributed by atoms with Crippen molar-refractivity contribution in [2.75, 3.05) is 16.0 Å². The summed E-state index contributed by atoms with van der Waals surface area (Å²) in [6.07, 6.45) is 0. The molecule has 33 heavy (non-hydrogen) atoms. The Morgan fingerprint density at radius 3 is 2.39 bits per heavy atom. The van der Waals surface area contributed by atoms with E-state index in [9.17, 15) is 18.4 Å². The smallest absolute Gasteiger partial charge is 0.255 e. The van der Waals surface area contributed by atoms with Gasteiger partial charge in [-0.3, -0.25) is 14.5 Å². The number of nitrogens with zero attached hydrogens (tertiary/aromatic N) is 1. The van der Waals surface area contributed by atoms with Crippen LogP contribution in [0, 0.1) is 11.6 Å². The van der Waals surface area contributed by atoms with E-state index in [2.05, 4.69) is 26.1 Å². The first kappa shape index (κ1) is 23.0. The Balaban J connectivity index is 1.63. The first-order chi connectivity index (χ1) is 15.6. The zero-order valence-corrected chi connectivity index (χ0v) is 19.4. The van der Waals surface area contributed by atoms with Crippen LogP contribution in [0.3, 0.4) is 0 Å². The van der Waals surface area contributed by atoms with Gasteiger partial charge in [-0.05, 0) is 41.3 Å². The van der Waals surface area contributed by atoms with Crippen molar-refractivity contribution in [3.63, 3.8) is 0 Å². The van der Waals surface area contributed by atoms with E-state index in [0.717, 1.165) is 17.7 Å². The van der Waals surface area contributed by atoms with Crippen LogP contribution in [0.25, 0.3) is 0 Å². The first-order valence-electron chi connectivity index (χ1n) is 10.5. The number of amides is 2. The summed E-state index contributed by atoms with van der Waals surface area (Å²) in [6.45, 7) is 6.32. The minimum Gasteiger partial charge on any atom is -0.322 e. The molecule has 170 valence electrons. The molecule has 0 aromatic heterocycles. The van der Waals surface area contributed by atoms with E-state index >= 15 is 0 Å². The highest BCUT2D eigenvalue weighted by Gasteiger charge is 2.37. The van der Waals surface area contributed by atoms with E-state index in [1.807, 2.05) is 12.1 Å². The van der Waals surface area contributed by atoms with Gasteiger partial charge in [0, 0.05) is 22.9 Å². The third kappa shape index (κ3) is 4.78. The van der Waals surface area contributed by atoms with Crippen LogP contribution in [0.15, 0.2) is 66.7 Å². The van der Waals surface area contributed by atoms with Crippen molar-refractivity contribution in [1.82, 2.24) is 0 Å². The molecule has 1 unspecified atom stereocenters. The molecule has 3 aromatic rings. The monoisotopic (exact) mass is 466 g/mol. The number of benzene rings is 3. The number of thioether (sulfide) groups is 1. The minimum atomic E-state index is -0.809. The molecule has 0 bridgehead atoms. The molecule has 1 aliphatic rings. The molecule has 0 saturated carbocycles. The number of rotatable bonds is 4. The summed E-state index contributed by atoms with van der Waals surface area (Å²) in [7, 11) is 0. The number of carbonyl (C=O) groups is 2. The fraction of sp³-hybridized carbons (Fsp3) is 0.231. The molecular formula is C26H24F2N2O2S. The number of hydrogen-bond donors (Lipinski definition) is 1. The van der Waals surface area contributed by atoms with Crippen molar-refractivity contribution < 1.29 is 18.4 Å². The molecule has 1 aliphatic heterocycles. The number of anilines is 2. The normalized spacial score (nSPS) is 16.2. The van der Waals surface area contributed by atoms with Crippen molar-refractivity contribution in [3.05, 3.63) is 95.1 Å². The minimum absolute atomic E-state index is 0.00954. The van der Waals surface area contributed by atoms with Crippen molar-refractivity contribution >= 4 is 35.0 Å². The summed E-state index contributed by atoms with van der Waals surface area (Å²) in [5.41, 5.74) is 2.81. The van der Waals surface area contributed by atoms with Crippen molar-refractivity contribution in [1.29, 1.82) is 0 Å². The summed E-state index contributed by atoms with van der Waals surface area (Å²) in [5, 5.41) is 2.37. The number of halogens is 2. The van der Waals surface area contributed by atoms with Crippen LogP contribution in [0.1, 0.15) is 47.6 Å². The van der Waals surface area contributed by atoms with Gasteiger partial charge >= 0.3 is 0 Å². The first-order valence-corrected chi connectivity index (χ1v) is 11.6. The third-order valence-electron chi connectivity index (χ3n) is 5.53. The Morgan fingerprint density at radius 2 is 1.73 bits per heavy atom. The lowest BCUT2D eigenvalue weighted by Gasteiger charge is -2.26. The number of para-hydroxylation sites is 1. The third-order valence-corrected chi connectivity index (χ3v) is 6.72. The lowest BCUT2D eigenvalue weighted by atomic mass is 9.86. The standard InChI is InChI=1S/C26H24F2N2O2S/c1-26(2,3)17-10-8-16(9-11-17)24(32)29-21-7-5-4-6-19(21)25-30(23(31)15-33-25)22-13-12-18(27)14-20(22)28/h4-14,25H,15H2,1-3H3,(H,29,32). The van der Waals surface area contributed by atoms with Gasteiger partial charge in [0.1, 0.15) is 17.0 Å². The van der Waals surface area contributed by atoms with Crippen molar-refractivity contribution in [3.8, 4) is 0 Å². The molecule has 1 fully saturated rings. The quantitative estimate of drug-likeness (QED) is 0.491. The SMILES string of the molecule is CC(C)(C)c1ccc(C(=O)Nc2ccccc2C2SCC(=O)N2c2ccc(F)cc2F)cc1. The fourth-order valence-corrected chi connectivity index (χ4v) is 4.94. The maximum absolute atomic E-state index is 14.5. The molecule has 1 N–H and O–H groups in total. The van der Waals surface area contributed by atoms with Gasteiger partial charge in [0.2, 0.25) is 5.91 Å². The number of carbonyl (C=O) groups excluding carboxylic acids is 2. The molecular weight excluding hydrogens is 442 g/mol. The lowest BCUT2D eigenvalue weighted by Crippen LogP contribution is -2.29. The molecule has 0 aliphatic carbocycles. The zero-order valence-electron chi connectivity index (χ0n) is 18.6. The van der Waals surface area contributed by atoms with Gasteiger partial charge in [0.05, 0.1) is 11.4 Å². The molecule has 7 heteroatoms. The van der Waals surface area contributed by atoms with E-state index in [4.69, 9.17) is 0 Å². The molecule has 2 amide bonds. The Morgan fingerprint density at radius 1 is 1.03 bits per heavy atom. The van der Waals surface area contributed by atoms with Crippen molar-refractivity contribution in [2.45, 2.75) is 31.6 Å². The van der Waals surface area contributed by atoms with Crippen LogP contribution < -0.4 is 10.2 Å². The van der Waals surface area contributed by atoms with Crippen LogP contribution in [-0.2, 0) is 10.2 Å². The summed E-state index contributed by atoms with van der Waals surface area (Å²) < 4.78 is 27.9. The Bertz CT molecular complexity index is 1210. The van der Waals surface area contributed by atoms with E-state index in [-0.39, 0.29) is 28.7 Å². The highest BCUT2D eigenvalue weighted by Crippen LogP contribution is 2.45. The van der Waals surface area contributed by atoms with Gasteiger partial charge in [0.15, 0.2) is 0 Å². The molecule has 4 rings (SSSR count). The summed E-state index contributed by atoms with van der Waals surface area (Å²) in [4.78, 5) is 26.9. The van der Waals surface area contributed by atoms with Gasteiger partial charge in [-0.15, -0.1) is 11.8 Å². The molecule has 0 radical (unpaired) electrons.